The van der Waals surface area contributed by atoms with E-state index in [1.807, 2.05) is 19.1 Å². The van der Waals surface area contributed by atoms with Crippen LogP contribution in [-0.4, -0.2) is 58.4 Å². The number of aryl methyl sites for hydroxylation is 1. The predicted octanol–water partition coefficient (Wildman–Crippen LogP) is 1.55. The lowest BCUT2D eigenvalue weighted by molar-refractivity contribution is 0.0847. The number of rotatable bonds is 6. The highest BCUT2D eigenvalue weighted by atomic mass is 16.3. The number of aromatic nitrogens is 2. The Hall–Kier alpha value is -2.12. The SMILES string of the molecule is Cc1ccc(-c2cc(C(=O)NCCN3CCCCC3CO)n[nH]2)o1. The van der Waals surface area contributed by atoms with Crippen LogP contribution in [0.4, 0.5) is 0 Å². The lowest BCUT2D eigenvalue weighted by Crippen LogP contribution is -2.45. The normalized spacial score (nSPS) is 18.7. The van der Waals surface area contributed by atoms with Crippen molar-refractivity contribution in [2.75, 3.05) is 26.2 Å². The van der Waals surface area contributed by atoms with Gasteiger partial charge in [-0.3, -0.25) is 14.8 Å². The number of piperidine rings is 1. The molecule has 130 valence electrons. The van der Waals surface area contributed by atoms with Gasteiger partial charge in [0.15, 0.2) is 11.5 Å². The molecule has 2 aromatic rings. The van der Waals surface area contributed by atoms with Crippen molar-refractivity contribution in [2.45, 2.75) is 32.2 Å². The lowest BCUT2D eigenvalue weighted by atomic mass is 10.0. The number of hydrogen-bond donors (Lipinski definition) is 3. The van der Waals surface area contributed by atoms with Crippen molar-refractivity contribution < 1.29 is 14.3 Å². The molecule has 1 aliphatic heterocycles. The lowest BCUT2D eigenvalue weighted by Gasteiger charge is -2.34. The molecule has 0 aliphatic carbocycles. The van der Waals surface area contributed by atoms with Crippen LogP contribution in [0.15, 0.2) is 22.6 Å². The topological polar surface area (TPSA) is 94.4 Å². The van der Waals surface area contributed by atoms with Crippen LogP contribution >= 0.6 is 0 Å². The number of furan rings is 1. The van der Waals surface area contributed by atoms with Gasteiger partial charge in [0.1, 0.15) is 11.5 Å². The van der Waals surface area contributed by atoms with Crippen LogP contribution in [-0.2, 0) is 0 Å². The molecule has 0 spiro atoms. The fraction of sp³-hybridized carbons (Fsp3) is 0.529. The molecular weight excluding hydrogens is 308 g/mol. The molecule has 1 atom stereocenters. The summed E-state index contributed by atoms with van der Waals surface area (Å²) in [6.07, 6.45) is 3.34. The van der Waals surface area contributed by atoms with Gasteiger partial charge in [-0.25, -0.2) is 0 Å². The molecule has 1 aliphatic rings. The number of nitrogens with zero attached hydrogens (tertiary/aromatic N) is 2. The summed E-state index contributed by atoms with van der Waals surface area (Å²) in [5.41, 5.74) is 1.03. The highest BCUT2D eigenvalue weighted by molar-refractivity contribution is 5.93. The van der Waals surface area contributed by atoms with Crippen LogP contribution < -0.4 is 5.32 Å². The maximum Gasteiger partial charge on any atom is 0.271 e. The summed E-state index contributed by atoms with van der Waals surface area (Å²) >= 11 is 0. The zero-order chi connectivity index (χ0) is 16.9. The van der Waals surface area contributed by atoms with E-state index in [-0.39, 0.29) is 18.6 Å². The average molecular weight is 332 g/mol. The van der Waals surface area contributed by atoms with Crippen LogP contribution in [0.1, 0.15) is 35.5 Å². The number of H-pyrrole nitrogens is 1. The number of aliphatic hydroxyl groups excluding tert-OH is 1. The first-order valence-corrected chi connectivity index (χ1v) is 8.42. The van der Waals surface area contributed by atoms with Gasteiger partial charge in [0.05, 0.1) is 6.61 Å². The summed E-state index contributed by atoms with van der Waals surface area (Å²) in [5.74, 6) is 1.27. The molecule has 0 aromatic carbocycles. The third-order valence-corrected chi connectivity index (χ3v) is 4.46. The number of amides is 1. The van der Waals surface area contributed by atoms with Gasteiger partial charge in [0, 0.05) is 25.2 Å². The standard InChI is InChI=1S/C17H24N4O3/c1-12-5-6-16(24-12)14-10-15(20-19-14)17(23)18-7-9-21-8-3-2-4-13(21)11-22/h5-6,10,13,22H,2-4,7-9,11H2,1H3,(H,18,23)(H,19,20). The van der Waals surface area contributed by atoms with Gasteiger partial charge < -0.3 is 14.8 Å². The predicted molar refractivity (Wildman–Crippen MR) is 89.7 cm³/mol. The number of nitrogens with one attached hydrogen (secondary N) is 2. The second-order valence-electron chi connectivity index (χ2n) is 6.20. The van der Waals surface area contributed by atoms with Gasteiger partial charge in [-0.1, -0.05) is 6.42 Å². The highest BCUT2D eigenvalue weighted by Crippen LogP contribution is 2.20. The molecule has 1 unspecified atom stereocenters. The molecule has 1 amide bonds. The molecule has 0 bridgehead atoms. The molecule has 7 heteroatoms. The van der Waals surface area contributed by atoms with Gasteiger partial charge in [0.25, 0.3) is 5.91 Å². The van der Waals surface area contributed by atoms with Gasteiger partial charge in [-0.15, -0.1) is 0 Å². The summed E-state index contributed by atoms with van der Waals surface area (Å²) in [5, 5.41) is 19.2. The minimum absolute atomic E-state index is 0.180. The molecular formula is C17H24N4O3. The van der Waals surface area contributed by atoms with Crippen LogP contribution in [0, 0.1) is 6.92 Å². The molecule has 3 heterocycles. The van der Waals surface area contributed by atoms with E-state index in [9.17, 15) is 9.90 Å². The van der Waals surface area contributed by atoms with Crippen LogP contribution in [0.5, 0.6) is 0 Å². The van der Waals surface area contributed by atoms with E-state index in [4.69, 9.17) is 4.42 Å². The number of aliphatic hydroxyl groups is 1. The highest BCUT2D eigenvalue weighted by Gasteiger charge is 2.21. The Morgan fingerprint density at radius 3 is 3.12 bits per heavy atom. The van der Waals surface area contributed by atoms with E-state index < -0.39 is 0 Å². The Kier molecular flexibility index (Phi) is 5.32. The van der Waals surface area contributed by atoms with E-state index in [0.717, 1.165) is 38.1 Å². The molecule has 1 saturated heterocycles. The van der Waals surface area contributed by atoms with E-state index in [0.29, 0.717) is 23.7 Å². The van der Waals surface area contributed by atoms with Crippen molar-refractivity contribution in [1.82, 2.24) is 20.4 Å². The van der Waals surface area contributed by atoms with Gasteiger partial charge >= 0.3 is 0 Å². The molecule has 2 aromatic heterocycles. The minimum atomic E-state index is -0.210. The van der Waals surface area contributed by atoms with Gasteiger partial charge in [-0.2, -0.15) is 5.10 Å². The zero-order valence-electron chi connectivity index (χ0n) is 13.9. The summed E-state index contributed by atoms with van der Waals surface area (Å²) in [4.78, 5) is 14.4. The maximum absolute atomic E-state index is 12.2. The first-order chi connectivity index (χ1) is 11.7. The second-order valence-corrected chi connectivity index (χ2v) is 6.20. The van der Waals surface area contributed by atoms with Gasteiger partial charge in [0.2, 0.25) is 0 Å². The smallest absolute Gasteiger partial charge is 0.271 e. The third-order valence-electron chi connectivity index (χ3n) is 4.46. The van der Waals surface area contributed by atoms with E-state index >= 15 is 0 Å². The van der Waals surface area contributed by atoms with Crippen molar-refractivity contribution in [3.8, 4) is 11.5 Å². The second kappa shape index (κ2) is 7.63. The summed E-state index contributed by atoms with van der Waals surface area (Å²) < 4.78 is 5.51. The largest absolute Gasteiger partial charge is 0.460 e. The summed E-state index contributed by atoms with van der Waals surface area (Å²) in [6.45, 7) is 4.31. The third kappa shape index (κ3) is 3.85. The molecule has 3 rings (SSSR count). The minimum Gasteiger partial charge on any atom is -0.460 e. The number of likely N-dealkylation sites (tertiary alicyclic amines) is 1. The zero-order valence-corrected chi connectivity index (χ0v) is 13.9. The van der Waals surface area contributed by atoms with Crippen LogP contribution in [0.2, 0.25) is 0 Å². The molecule has 0 saturated carbocycles. The van der Waals surface area contributed by atoms with E-state index in [1.165, 1.54) is 0 Å². The quantitative estimate of drug-likeness (QED) is 0.746. The Balaban J connectivity index is 1.51. The molecule has 1 fully saturated rings. The number of aromatic amines is 1. The van der Waals surface area contributed by atoms with Crippen molar-refractivity contribution in [1.29, 1.82) is 0 Å². The van der Waals surface area contributed by atoms with E-state index in [1.54, 1.807) is 6.07 Å². The number of carbonyl (C=O) groups excluding carboxylic acids is 1. The summed E-state index contributed by atoms with van der Waals surface area (Å²) in [7, 11) is 0. The number of hydrogen-bond acceptors (Lipinski definition) is 5. The average Bonchev–Trinajstić information content (AvgIpc) is 3.24. The van der Waals surface area contributed by atoms with Crippen molar-refractivity contribution >= 4 is 5.91 Å². The fourth-order valence-electron chi connectivity index (χ4n) is 3.11. The Morgan fingerprint density at radius 1 is 1.50 bits per heavy atom. The Morgan fingerprint density at radius 2 is 2.38 bits per heavy atom. The van der Waals surface area contributed by atoms with Crippen LogP contribution in [0.3, 0.4) is 0 Å². The van der Waals surface area contributed by atoms with Gasteiger partial charge in [-0.05, 0) is 38.4 Å². The molecule has 3 N–H and O–H groups in total. The van der Waals surface area contributed by atoms with Crippen molar-refractivity contribution in [2.24, 2.45) is 0 Å². The first-order valence-electron chi connectivity index (χ1n) is 8.42. The fourth-order valence-corrected chi connectivity index (χ4v) is 3.11. The van der Waals surface area contributed by atoms with Crippen molar-refractivity contribution in [3.05, 3.63) is 29.7 Å². The first kappa shape index (κ1) is 16.7. The molecule has 7 nitrogen and oxygen atoms in total. The monoisotopic (exact) mass is 332 g/mol. The van der Waals surface area contributed by atoms with Crippen molar-refractivity contribution in [3.63, 3.8) is 0 Å². The molecule has 24 heavy (non-hydrogen) atoms. The van der Waals surface area contributed by atoms with Crippen LogP contribution in [0.25, 0.3) is 11.5 Å². The summed E-state index contributed by atoms with van der Waals surface area (Å²) in [6, 6.07) is 5.61. The van der Waals surface area contributed by atoms with E-state index in [2.05, 4.69) is 20.4 Å². The molecule has 0 radical (unpaired) electrons. The number of carbonyl (C=O) groups is 1. The Labute approximate surface area is 141 Å². The maximum atomic E-state index is 12.2. The Bertz CT molecular complexity index is 679.